The molecular formula is C24H15FN2O6S. The number of aryl methyl sites for hydroxylation is 1. The number of aromatic hydroxyl groups is 2. The second-order valence-electron chi connectivity index (χ2n) is 7.65. The number of hydrogen-bond acceptors (Lipinski definition) is 8. The summed E-state index contributed by atoms with van der Waals surface area (Å²) in [7, 11) is 0. The number of benzene rings is 2. The summed E-state index contributed by atoms with van der Waals surface area (Å²) in [6.07, 6.45) is 0. The van der Waals surface area contributed by atoms with Gasteiger partial charge >= 0.3 is 0 Å². The molecule has 170 valence electrons. The lowest BCUT2D eigenvalue weighted by Gasteiger charge is -2.09. The smallest absolute Gasteiger partial charge is 0.242 e. The number of thiazole rings is 1. The minimum absolute atomic E-state index is 0.00156. The average molecular weight is 478 g/mol. The maximum absolute atomic E-state index is 13.8. The van der Waals surface area contributed by atoms with Gasteiger partial charge in [-0.15, -0.1) is 0 Å². The van der Waals surface area contributed by atoms with Crippen LogP contribution in [-0.2, 0) is 0 Å². The number of carbonyl (C=O) groups excluding carboxylic acids is 1. The summed E-state index contributed by atoms with van der Waals surface area (Å²) in [4.78, 5) is 17.9. The van der Waals surface area contributed by atoms with E-state index in [4.69, 9.17) is 13.9 Å². The summed E-state index contributed by atoms with van der Waals surface area (Å²) < 4.78 is 31.9. The highest BCUT2D eigenvalue weighted by molar-refractivity contribution is 7.20. The van der Waals surface area contributed by atoms with Crippen molar-refractivity contribution in [2.24, 2.45) is 0 Å². The van der Waals surface area contributed by atoms with E-state index in [2.05, 4.69) is 4.98 Å². The van der Waals surface area contributed by atoms with Crippen molar-refractivity contribution in [1.82, 2.24) is 9.55 Å². The molecule has 0 unspecified atom stereocenters. The number of hydrogen-bond donors (Lipinski definition) is 2. The van der Waals surface area contributed by atoms with E-state index in [0.29, 0.717) is 33.0 Å². The van der Waals surface area contributed by atoms with Crippen molar-refractivity contribution in [3.8, 4) is 39.5 Å². The van der Waals surface area contributed by atoms with Gasteiger partial charge in [0.15, 0.2) is 28.1 Å². The molecular weight excluding hydrogens is 463 g/mol. The first-order chi connectivity index (χ1) is 16.4. The number of aromatic nitrogens is 2. The minimum atomic E-state index is -0.628. The van der Waals surface area contributed by atoms with Gasteiger partial charge in [0, 0.05) is 5.56 Å². The highest BCUT2D eigenvalue weighted by Crippen LogP contribution is 2.47. The zero-order valence-corrected chi connectivity index (χ0v) is 18.4. The standard InChI is InChI=1S/C24H15FN2O6S/c1-11-2-6-16(33-11)21(28)19-20(12-3-7-15-17(8-12)32-10-31-15)27(23(30)22(19)29)24-26-14-5-4-13(25)9-18(14)34-24/h2-9,29-30H,10H2,1H3. The predicted octanol–water partition coefficient (Wildman–Crippen LogP) is 5.17. The van der Waals surface area contributed by atoms with Gasteiger partial charge in [0.1, 0.15) is 11.6 Å². The Bertz CT molecular complexity index is 1620. The first-order valence-corrected chi connectivity index (χ1v) is 11.0. The number of ether oxygens (including phenoxy) is 2. The Morgan fingerprint density at radius 1 is 1.09 bits per heavy atom. The first kappa shape index (κ1) is 20.3. The van der Waals surface area contributed by atoms with E-state index in [9.17, 15) is 19.4 Å². The lowest BCUT2D eigenvalue weighted by atomic mass is 10.0. The second kappa shape index (κ2) is 7.35. The summed E-state index contributed by atoms with van der Waals surface area (Å²) in [5.41, 5.74) is 0.958. The molecule has 0 saturated heterocycles. The molecule has 1 aliphatic heterocycles. The van der Waals surface area contributed by atoms with Crippen LogP contribution >= 0.6 is 11.3 Å². The molecule has 0 radical (unpaired) electrons. The molecule has 0 saturated carbocycles. The Morgan fingerprint density at radius 2 is 1.91 bits per heavy atom. The molecule has 34 heavy (non-hydrogen) atoms. The number of rotatable bonds is 4. The fourth-order valence-electron chi connectivity index (χ4n) is 3.93. The zero-order valence-electron chi connectivity index (χ0n) is 17.5. The fourth-order valence-corrected chi connectivity index (χ4v) is 4.93. The largest absolute Gasteiger partial charge is 0.503 e. The van der Waals surface area contributed by atoms with Crippen molar-refractivity contribution < 1.29 is 33.3 Å². The third kappa shape index (κ3) is 3.03. The Labute approximate surface area is 195 Å². The molecule has 0 spiro atoms. The van der Waals surface area contributed by atoms with E-state index >= 15 is 0 Å². The van der Waals surface area contributed by atoms with E-state index in [1.807, 2.05) is 0 Å². The monoisotopic (exact) mass is 478 g/mol. The molecule has 10 heteroatoms. The quantitative estimate of drug-likeness (QED) is 0.343. The molecule has 0 amide bonds. The van der Waals surface area contributed by atoms with Crippen LogP contribution in [0.2, 0.25) is 0 Å². The molecule has 8 nitrogen and oxygen atoms in total. The lowest BCUT2D eigenvalue weighted by Crippen LogP contribution is -2.04. The number of fused-ring (bicyclic) bond motifs is 2. The SMILES string of the molecule is Cc1ccc(C(=O)c2c(O)c(O)n(-c3nc4ccc(F)cc4s3)c2-c2ccc3c(c2)OCO3)o1. The third-order valence-electron chi connectivity index (χ3n) is 5.49. The van der Waals surface area contributed by atoms with E-state index in [-0.39, 0.29) is 28.9 Å². The summed E-state index contributed by atoms with van der Waals surface area (Å²) in [6.45, 7) is 1.75. The molecule has 5 aromatic rings. The van der Waals surface area contributed by atoms with Gasteiger partial charge in [0.25, 0.3) is 0 Å². The molecule has 4 heterocycles. The molecule has 3 aromatic heterocycles. The molecule has 0 atom stereocenters. The van der Waals surface area contributed by atoms with Crippen LogP contribution in [0.5, 0.6) is 23.1 Å². The maximum atomic E-state index is 13.8. The molecule has 0 fully saturated rings. The molecule has 2 N–H and O–H groups in total. The lowest BCUT2D eigenvalue weighted by molar-refractivity contribution is 0.101. The van der Waals surface area contributed by atoms with E-state index in [1.165, 1.54) is 28.8 Å². The molecule has 1 aliphatic rings. The van der Waals surface area contributed by atoms with Gasteiger partial charge in [-0.25, -0.2) is 9.37 Å². The molecule has 0 bridgehead atoms. The Balaban J connectivity index is 1.64. The number of ketones is 1. The Hall–Kier alpha value is -4.31. The molecule has 0 aliphatic carbocycles. The van der Waals surface area contributed by atoms with Crippen molar-refractivity contribution in [3.63, 3.8) is 0 Å². The van der Waals surface area contributed by atoms with Crippen LogP contribution in [0.3, 0.4) is 0 Å². The van der Waals surface area contributed by atoms with Gasteiger partial charge in [-0.2, -0.15) is 0 Å². The van der Waals surface area contributed by atoms with Gasteiger partial charge in [0.2, 0.25) is 18.5 Å². The van der Waals surface area contributed by atoms with Crippen LogP contribution in [0.15, 0.2) is 52.9 Å². The van der Waals surface area contributed by atoms with E-state index < -0.39 is 23.2 Å². The fraction of sp³-hybridized carbons (Fsp3) is 0.0833. The molecule has 6 rings (SSSR count). The number of nitrogens with zero attached hydrogens (tertiary/aromatic N) is 2. The van der Waals surface area contributed by atoms with Crippen LogP contribution in [-0.4, -0.2) is 32.3 Å². The number of furan rings is 1. The number of halogens is 1. The van der Waals surface area contributed by atoms with Gasteiger partial charge in [0.05, 0.1) is 21.5 Å². The van der Waals surface area contributed by atoms with Crippen molar-refractivity contribution in [2.45, 2.75) is 6.92 Å². The van der Waals surface area contributed by atoms with Crippen LogP contribution in [0, 0.1) is 12.7 Å². The summed E-state index contributed by atoms with van der Waals surface area (Å²) in [6, 6.07) is 12.2. The highest BCUT2D eigenvalue weighted by atomic mass is 32.1. The van der Waals surface area contributed by atoms with Crippen molar-refractivity contribution in [2.75, 3.05) is 6.79 Å². The third-order valence-corrected chi connectivity index (χ3v) is 6.49. The van der Waals surface area contributed by atoms with E-state index in [0.717, 1.165) is 11.3 Å². The average Bonchev–Trinajstić information content (AvgIpc) is 3.59. The zero-order chi connectivity index (χ0) is 23.6. The minimum Gasteiger partial charge on any atom is -0.503 e. The topological polar surface area (TPSA) is 107 Å². The maximum Gasteiger partial charge on any atom is 0.242 e. The summed E-state index contributed by atoms with van der Waals surface area (Å²) in [5.74, 6) is -0.774. The number of carbonyl (C=O) groups is 1. The Kier molecular flexibility index (Phi) is 4.39. The van der Waals surface area contributed by atoms with Gasteiger partial charge < -0.3 is 24.1 Å². The van der Waals surface area contributed by atoms with Crippen LogP contribution in [0.4, 0.5) is 4.39 Å². The van der Waals surface area contributed by atoms with Crippen molar-refractivity contribution >= 4 is 27.3 Å². The van der Waals surface area contributed by atoms with Gasteiger partial charge in [-0.3, -0.25) is 9.36 Å². The van der Waals surface area contributed by atoms with Gasteiger partial charge in [-0.05, 0) is 55.5 Å². The predicted molar refractivity (Wildman–Crippen MR) is 121 cm³/mol. The van der Waals surface area contributed by atoms with E-state index in [1.54, 1.807) is 31.2 Å². The summed E-state index contributed by atoms with van der Waals surface area (Å²) in [5, 5.41) is 22.1. The first-order valence-electron chi connectivity index (χ1n) is 10.1. The summed E-state index contributed by atoms with van der Waals surface area (Å²) >= 11 is 1.10. The van der Waals surface area contributed by atoms with Crippen LogP contribution < -0.4 is 9.47 Å². The second-order valence-corrected chi connectivity index (χ2v) is 8.66. The van der Waals surface area contributed by atoms with Crippen LogP contribution in [0.1, 0.15) is 21.9 Å². The van der Waals surface area contributed by atoms with Gasteiger partial charge in [-0.1, -0.05) is 11.3 Å². The molecule has 2 aromatic carbocycles. The van der Waals surface area contributed by atoms with Crippen molar-refractivity contribution in [1.29, 1.82) is 0 Å². The normalized spacial score (nSPS) is 12.5. The van der Waals surface area contributed by atoms with Crippen LogP contribution in [0.25, 0.3) is 26.6 Å². The van der Waals surface area contributed by atoms with Crippen molar-refractivity contribution in [3.05, 3.63) is 71.4 Å². The highest BCUT2D eigenvalue weighted by Gasteiger charge is 2.33. The Morgan fingerprint density at radius 3 is 2.71 bits per heavy atom.